The molecule has 1 heterocycles. The normalized spacial score (nSPS) is 21.0. The first-order valence-electron chi connectivity index (χ1n) is 8.74. The Bertz CT molecular complexity index is 714. The van der Waals surface area contributed by atoms with E-state index in [4.69, 9.17) is 0 Å². The molecule has 0 bridgehead atoms. The first-order chi connectivity index (χ1) is 11.9. The average Bonchev–Trinajstić information content (AvgIpc) is 3.30. The summed E-state index contributed by atoms with van der Waals surface area (Å²) < 4.78 is 0. The maximum atomic E-state index is 12.6. The van der Waals surface area contributed by atoms with E-state index in [1.807, 2.05) is 0 Å². The number of hydrogen-bond donors (Lipinski definition) is 1. The zero-order valence-electron chi connectivity index (χ0n) is 14.5. The summed E-state index contributed by atoms with van der Waals surface area (Å²) in [5, 5.41) is 14.0. The van der Waals surface area contributed by atoms with Gasteiger partial charge in [-0.25, -0.2) is 0 Å². The molecule has 3 rings (SSSR count). The maximum absolute atomic E-state index is 12.6. The summed E-state index contributed by atoms with van der Waals surface area (Å²) in [5.41, 5.74) is 1.32. The van der Waals surface area contributed by atoms with Gasteiger partial charge in [-0.2, -0.15) is 0 Å². The zero-order valence-corrected chi connectivity index (χ0v) is 14.5. The van der Waals surface area contributed by atoms with Crippen LogP contribution in [0.5, 0.6) is 0 Å². The third-order valence-corrected chi connectivity index (χ3v) is 5.05. The van der Waals surface area contributed by atoms with Crippen molar-refractivity contribution < 1.29 is 14.5 Å². The summed E-state index contributed by atoms with van der Waals surface area (Å²) in [6.45, 7) is 4.12. The van der Waals surface area contributed by atoms with Gasteiger partial charge in [0, 0.05) is 24.1 Å². The van der Waals surface area contributed by atoms with Crippen molar-refractivity contribution in [2.24, 2.45) is 5.92 Å². The van der Waals surface area contributed by atoms with E-state index in [9.17, 15) is 19.7 Å². The standard InChI is InChI=1S/C18H23N3O4/c1-11-5-6-14(10-16(11)21(24)25)12(2)19-17(22)15-4-3-9-20(15)18(23)13-7-8-13/h5-6,10,12-13,15H,3-4,7-9H2,1-2H3,(H,19,22)/t12-,15+/m0/s1. The number of nitrogens with one attached hydrogen (secondary N) is 1. The first-order valence-corrected chi connectivity index (χ1v) is 8.74. The highest BCUT2D eigenvalue weighted by atomic mass is 16.6. The first kappa shape index (κ1) is 17.4. The van der Waals surface area contributed by atoms with Gasteiger partial charge in [-0.05, 0) is 45.1 Å². The Labute approximate surface area is 146 Å². The number of hydrogen-bond acceptors (Lipinski definition) is 4. The minimum atomic E-state index is -0.420. The van der Waals surface area contributed by atoms with Crippen LogP contribution in [-0.4, -0.2) is 34.2 Å². The van der Waals surface area contributed by atoms with Crippen molar-refractivity contribution in [3.63, 3.8) is 0 Å². The fourth-order valence-electron chi connectivity index (χ4n) is 3.35. The fraction of sp³-hybridized carbons (Fsp3) is 0.556. The summed E-state index contributed by atoms with van der Waals surface area (Å²) in [6.07, 6.45) is 3.35. The lowest BCUT2D eigenvalue weighted by molar-refractivity contribution is -0.385. The van der Waals surface area contributed by atoms with Crippen molar-refractivity contribution in [3.05, 3.63) is 39.4 Å². The van der Waals surface area contributed by atoms with Gasteiger partial charge in [-0.1, -0.05) is 12.1 Å². The predicted molar refractivity (Wildman–Crippen MR) is 91.9 cm³/mol. The lowest BCUT2D eigenvalue weighted by atomic mass is 10.0. The van der Waals surface area contributed by atoms with E-state index in [1.165, 1.54) is 6.07 Å². The molecule has 2 aliphatic rings. The summed E-state index contributed by atoms with van der Waals surface area (Å²) in [6, 6.07) is 4.20. The summed E-state index contributed by atoms with van der Waals surface area (Å²) >= 11 is 0. The van der Waals surface area contributed by atoms with Gasteiger partial charge in [0.2, 0.25) is 11.8 Å². The smallest absolute Gasteiger partial charge is 0.272 e. The second kappa shape index (κ2) is 6.82. The average molecular weight is 345 g/mol. The Hall–Kier alpha value is -2.44. The van der Waals surface area contributed by atoms with E-state index < -0.39 is 11.0 Å². The zero-order chi connectivity index (χ0) is 18.1. The van der Waals surface area contributed by atoms with E-state index in [-0.39, 0.29) is 29.5 Å². The number of benzene rings is 1. The number of likely N-dealkylation sites (tertiary alicyclic amines) is 1. The highest BCUT2D eigenvalue weighted by Gasteiger charge is 2.41. The van der Waals surface area contributed by atoms with E-state index in [2.05, 4.69) is 5.32 Å². The van der Waals surface area contributed by atoms with Crippen molar-refractivity contribution >= 4 is 17.5 Å². The molecule has 7 nitrogen and oxygen atoms in total. The van der Waals surface area contributed by atoms with Gasteiger partial charge in [-0.15, -0.1) is 0 Å². The molecule has 1 aromatic carbocycles. The van der Waals surface area contributed by atoms with Gasteiger partial charge in [0.25, 0.3) is 5.69 Å². The predicted octanol–water partition coefficient (Wildman–Crippen LogP) is 2.48. The van der Waals surface area contributed by atoms with Crippen LogP contribution in [0.1, 0.15) is 49.8 Å². The van der Waals surface area contributed by atoms with Crippen molar-refractivity contribution in [2.45, 2.75) is 51.6 Å². The molecular weight excluding hydrogens is 322 g/mol. The summed E-state index contributed by atoms with van der Waals surface area (Å²) in [7, 11) is 0. The molecule has 2 fully saturated rings. The van der Waals surface area contributed by atoms with Gasteiger partial charge in [0.15, 0.2) is 0 Å². The molecule has 2 amide bonds. The van der Waals surface area contributed by atoms with Gasteiger partial charge >= 0.3 is 0 Å². The van der Waals surface area contributed by atoms with E-state index in [1.54, 1.807) is 30.9 Å². The molecule has 1 saturated heterocycles. The molecule has 1 aliphatic heterocycles. The number of amides is 2. The molecule has 134 valence electrons. The molecule has 0 unspecified atom stereocenters. The Balaban J connectivity index is 1.68. The van der Waals surface area contributed by atoms with Crippen LogP contribution in [0.15, 0.2) is 18.2 Å². The molecule has 25 heavy (non-hydrogen) atoms. The monoisotopic (exact) mass is 345 g/mol. The maximum Gasteiger partial charge on any atom is 0.272 e. The van der Waals surface area contributed by atoms with Crippen LogP contribution in [0, 0.1) is 23.0 Å². The fourth-order valence-corrected chi connectivity index (χ4v) is 3.35. The molecule has 7 heteroatoms. The third kappa shape index (κ3) is 3.65. The molecule has 1 N–H and O–H groups in total. The number of carbonyl (C=O) groups is 2. The van der Waals surface area contributed by atoms with Crippen molar-refractivity contribution in [1.82, 2.24) is 10.2 Å². The lowest BCUT2D eigenvalue weighted by Gasteiger charge is -2.25. The SMILES string of the molecule is Cc1ccc([C@H](C)NC(=O)[C@H]2CCCN2C(=O)C2CC2)cc1[N+](=O)[O-]. The van der Waals surface area contributed by atoms with Crippen LogP contribution in [0.25, 0.3) is 0 Å². The highest BCUT2D eigenvalue weighted by Crippen LogP contribution is 2.34. The largest absolute Gasteiger partial charge is 0.348 e. The minimum absolute atomic E-state index is 0.0463. The van der Waals surface area contributed by atoms with Gasteiger partial charge in [0.1, 0.15) is 6.04 Å². The molecule has 2 atom stereocenters. The third-order valence-electron chi connectivity index (χ3n) is 5.05. The van der Waals surface area contributed by atoms with Crippen molar-refractivity contribution in [1.29, 1.82) is 0 Å². The molecule has 1 aliphatic carbocycles. The molecule has 0 aromatic heterocycles. The minimum Gasteiger partial charge on any atom is -0.348 e. The van der Waals surface area contributed by atoms with Crippen LogP contribution in [0.3, 0.4) is 0 Å². The topological polar surface area (TPSA) is 92.6 Å². The van der Waals surface area contributed by atoms with Crippen LogP contribution >= 0.6 is 0 Å². The van der Waals surface area contributed by atoms with E-state index >= 15 is 0 Å². The molecule has 0 spiro atoms. The van der Waals surface area contributed by atoms with Crippen LogP contribution < -0.4 is 5.32 Å². The molecule has 0 radical (unpaired) electrons. The van der Waals surface area contributed by atoms with E-state index in [0.29, 0.717) is 24.1 Å². The quantitative estimate of drug-likeness (QED) is 0.655. The second-order valence-corrected chi connectivity index (χ2v) is 7.00. The van der Waals surface area contributed by atoms with Gasteiger partial charge in [0.05, 0.1) is 11.0 Å². The van der Waals surface area contributed by atoms with Gasteiger partial charge < -0.3 is 10.2 Å². The van der Waals surface area contributed by atoms with Crippen LogP contribution in [-0.2, 0) is 9.59 Å². The summed E-state index contributed by atoms with van der Waals surface area (Å²) in [4.78, 5) is 37.3. The number of nitro benzene ring substituents is 1. The Kier molecular flexibility index (Phi) is 4.74. The Morgan fingerprint density at radius 3 is 2.68 bits per heavy atom. The van der Waals surface area contributed by atoms with E-state index in [0.717, 1.165) is 19.3 Å². The van der Waals surface area contributed by atoms with Gasteiger partial charge in [-0.3, -0.25) is 19.7 Å². The molecule has 1 saturated carbocycles. The lowest BCUT2D eigenvalue weighted by Crippen LogP contribution is -2.47. The Morgan fingerprint density at radius 1 is 1.32 bits per heavy atom. The number of nitrogens with zero attached hydrogens (tertiary/aromatic N) is 2. The Morgan fingerprint density at radius 2 is 2.04 bits per heavy atom. The number of carbonyl (C=O) groups excluding carboxylic acids is 2. The van der Waals surface area contributed by atoms with Crippen molar-refractivity contribution in [2.75, 3.05) is 6.54 Å². The molecule has 1 aromatic rings. The highest BCUT2D eigenvalue weighted by molar-refractivity contribution is 5.90. The van der Waals surface area contributed by atoms with Crippen molar-refractivity contribution in [3.8, 4) is 0 Å². The molecular formula is C18H23N3O4. The number of nitro groups is 1. The van der Waals surface area contributed by atoms with Crippen LogP contribution in [0.4, 0.5) is 5.69 Å². The van der Waals surface area contributed by atoms with Crippen LogP contribution in [0.2, 0.25) is 0 Å². The number of rotatable bonds is 5. The second-order valence-electron chi connectivity index (χ2n) is 7.00. The summed E-state index contributed by atoms with van der Waals surface area (Å²) in [5.74, 6) is 0.0177. The number of aryl methyl sites for hydroxylation is 1.